The first-order chi connectivity index (χ1) is 17.8. The van der Waals surface area contributed by atoms with E-state index in [-0.39, 0.29) is 25.1 Å². The largest absolute Gasteiger partial charge is 0.444 e. The summed E-state index contributed by atoms with van der Waals surface area (Å²) >= 11 is 0. The van der Waals surface area contributed by atoms with Crippen molar-refractivity contribution in [2.45, 2.75) is 77.7 Å². The minimum Gasteiger partial charge on any atom is -0.444 e. The van der Waals surface area contributed by atoms with Crippen molar-refractivity contribution in [2.24, 2.45) is 11.7 Å². The SMILES string of the molecule is CC(C)CCc1ccccc1N1CCN(C(=O)OC(C)(C)C)[C@@H]([C@@H](O)[C@@H](N)Cc2cc(F)cc(F)c2)C1=O. The number of benzene rings is 2. The van der Waals surface area contributed by atoms with Crippen LogP contribution in [-0.2, 0) is 22.4 Å². The fourth-order valence-electron chi connectivity index (χ4n) is 4.63. The van der Waals surface area contributed by atoms with Gasteiger partial charge in [-0.15, -0.1) is 0 Å². The number of hydrogen-bond donors (Lipinski definition) is 2. The zero-order chi connectivity index (χ0) is 28.2. The lowest BCUT2D eigenvalue weighted by atomic mass is 9.93. The monoisotopic (exact) mass is 531 g/mol. The minimum absolute atomic E-state index is 0.104. The third-order valence-corrected chi connectivity index (χ3v) is 6.48. The number of ether oxygens (including phenoxy) is 1. The van der Waals surface area contributed by atoms with E-state index in [0.717, 1.165) is 42.3 Å². The van der Waals surface area contributed by atoms with Crippen LogP contribution in [0.2, 0.25) is 0 Å². The van der Waals surface area contributed by atoms with Crippen LogP contribution in [0.3, 0.4) is 0 Å². The number of hydrogen-bond acceptors (Lipinski definition) is 5. The van der Waals surface area contributed by atoms with E-state index in [2.05, 4.69) is 13.8 Å². The van der Waals surface area contributed by atoms with Gasteiger partial charge in [0.05, 0.1) is 6.10 Å². The molecule has 0 saturated carbocycles. The molecule has 1 heterocycles. The third-order valence-electron chi connectivity index (χ3n) is 6.48. The van der Waals surface area contributed by atoms with E-state index in [1.54, 1.807) is 25.7 Å². The van der Waals surface area contributed by atoms with E-state index in [1.165, 1.54) is 4.90 Å². The Labute approximate surface area is 223 Å². The number of amides is 2. The maximum absolute atomic E-state index is 13.9. The van der Waals surface area contributed by atoms with Crippen molar-refractivity contribution >= 4 is 17.7 Å². The zero-order valence-electron chi connectivity index (χ0n) is 22.8. The van der Waals surface area contributed by atoms with E-state index < -0.39 is 47.4 Å². The van der Waals surface area contributed by atoms with Gasteiger partial charge in [0.2, 0.25) is 0 Å². The van der Waals surface area contributed by atoms with Crippen LogP contribution in [0.15, 0.2) is 42.5 Å². The second-order valence-corrected chi connectivity index (χ2v) is 11.3. The fraction of sp³-hybridized carbons (Fsp3) is 0.517. The maximum Gasteiger partial charge on any atom is 0.411 e. The second kappa shape index (κ2) is 12.2. The summed E-state index contributed by atoms with van der Waals surface area (Å²) in [6, 6.07) is 8.16. The van der Waals surface area contributed by atoms with E-state index in [4.69, 9.17) is 10.5 Å². The fourth-order valence-corrected chi connectivity index (χ4v) is 4.63. The van der Waals surface area contributed by atoms with Gasteiger partial charge < -0.3 is 20.5 Å². The van der Waals surface area contributed by atoms with Crippen molar-refractivity contribution < 1.29 is 28.2 Å². The molecule has 3 N–H and O–H groups in total. The van der Waals surface area contributed by atoms with Gasteiger partial charge in [0.15, 0.2) is 0 Å². The van der Waals surface area contributed by atoms with Crippen LogP contribution >= 0.6 is 0 Å². The van der Waals surface area contributed by atoms with Gasteiger partial charge in [0, 0.05) is 30.9 Å². The molecule has 2 amide bonds. The van der Waals surface area contributed by atoms with Crippen LogP contribution in [0.4, 0.5) is 19.3 Å². The second-order valence-electron chi connectivity index (χ2n) is 11.3. The first kappa shape index (κ1) is 29.5. The summed E-state index contributed by atoms with van der Waals surface area (Å²) in [6.07, 6.45) is -0.666. The van der Waals surface area contributed by atoms with Crippen molar-refractivity contribution in [3.8, 4) is 0 Å². The summed E-state index contributed by atoms with van der Waals surface area (Å²) in [6.45, 7) is 9.72. The molecule has 0 bridgehead atoms. The molecule has 0 aromatic heterocycles. The molecule has 0 unspecified atom stereocenters. The molecule has 38 heavy (non-hydrogen) atoms. The average molecular weight is 532 g/mol. The first-order valence-corrected chi connectivity index (χ1v) is 13.0. The molecule has 1 saturated heterocycles. The number of aliphatic hydroxyl groups is 1. The van der Waals surface area contributed by atoms with E-state index in [9.17, 15) is 23.5 Å². The highest BCUT2D eigenvalue weighted by Gasteiger charge is 2.45. The van der Waals surface area contributed by atoms with Gasteiger partial charge in [-0.2, -0.15) is 0 Å². The minimum atomic E-state index is -1.52. The number of rotatable bonds is 8. The standard InChI is InChI=1S/C29H39F2N3O4/c1-18(2)10-11-20-8-6-7-9-24(20)33-12-13-34(28(37)38-29(3,4)5)25(27(33)36)26(35)23(32)16-19-14-21(30)17-22(31)15-19/h6-9,14-15,17-18,23,25-26,35H,10-13,16,32H2,1-5H3/t23-,25-,26-/m0/s1. The Balaban J connectivity index is 1.93. The number of carbonyl (C=O) groups excluding carboxylic acids is 2. The van der Waals surface area contributed by atoms with Crippen molar-refractivity contribution in [2.75, 3.05) is 18.0 Å². The van der Waals surface area contributed by atoms with Crippen molar-refractivity contribution in [1.29, 1.82) is 0 Å². The molecule has 208 valence electrons. The van der Waals surface area contributed by atoms with E-state index >= 15 is 0 Å². The Morgan fingerprint density at radius 3 is 2.37 bits per heavy atom. The molecule has 9 heteroatoms. The van der Waals surface area contributed by atoms with E-state index in [1.807, 2.05) is 24.3 Å². The summed E-state index contributed by atoms with van der Waals surface area (Å²) in [4.78, 5) is 29.8. The molecular formula is C29H39F2N3O4. The molecule has 1 aliphatic rings. The van der Waals surface area contributed by atoms with Gasteiger partial charge in [0.1, 0.15) is 23.3 Å². The van der Waals surface area contributed by atoms with Crippen LogP contribution < -0.4 is 10.6 Å². The molecule has 7 nitrogen and oxygen atoms in total. The van der Waals surface area contributed by atoms with Crippen molar-refractivity contribution in [3.05, 3.63) is 65.2 Å². The summed E-state index contributed by atoms with van der Waals surface area (Å²) in [5.41, 5.74) is 7.41. The molecule has 2 aromatic rings. The number of aryl methyl sites for hydroxylation is 1. The maximum atomic E-state index is 13.9. The topological polar surface area (TPSA) is 96.1 Å². The Morgan fingerprint density at radius 1 is 1.13 bits per heavy atom. The number of para-hydroxylation sites is 1. The molecular weight excluding hydrogens is 492 g/mol. The van der Waals surface area contributed by atoms with Crippen LogP contribution in [0.25, 0.3) is 0 Å². The molecule has 1 aliphatic heterocycles. The number of nitrogens with zero attached hydrogens (tertiary/aromatic N) is 2. The van der Waals surface area contributed by atoms with E-state index in [0.29, 0.717) is 5.92 Å². The average Bonchev–Trinajstić information content (AvgIpc) is 2.80. The molecule has 2 aromatic carbocycles. The number of anilines is 1. The smallest absolute Gasteiger partial charge is 0.411 e. The van der Waals surface area contributed by atoms with Crippen LogP contribution in [0.5, 0.6) is 0 Å². The van der Waals surface area contributed by atoms with Gasteiger partial charge in [-0.25, -0.2) is 13.6 Å². The van der Waals surface area contributed by atoms with Gasteiger partial charge in [0.25, 0.3) is 5.91 Å². The lowest BCUT2D eigenvalue weighted by Crippen LogP contribution is -2.66. The summed E-state index contributed by atoms with van der Waals surface area (Å²) < 4.78 is 33.0. The van der Waals surface area contributed by atoms with Crippen LogP contribution in [0.1, 0.15) is 52.2 Å². The van der Waals surface area contributed by atoms with Gasteiger partial charge in [-0.3, -0.25) is 9.69 Å². The summed E-state index contributed by atoms with van der Waals surface area (Å²) in [5, 5.41) is 11.3. The number of aliphatic hydroxyl groups excluding tert-OH is 1. The zero-order valence-corrected chi connectivity index (χ0v) is 22.8. The lowest BCUT2D eigenvalue weighted by Gasteiger charge is -2.44. The summed E-state index contributed by atoms with van der Waals surface area (Å²) in [7, 11) is 0. The molecule has 0 radical (unpaired) electrons. The Bertz CT molecular complexity index is 1110. The Kier molecular flexibility index (Phi) is 9.49. The Morgan fingerprint density at radius 2 is 1.76 bits per heavy atom. The van der Waals surface area contributed by atoms with Gasteiger partial charge >= 0.3 is 6.09 Å². The lowest BCUT2D eigenvalue weighted by molar-refractivity contribution is -0.131. The highest BCUT2D eigenvalue weighted by molar-refractivity contribution is 6.01. The summed E-state index contributed by atoms with van der Waals surface area (Å²) in [5.74, 6) is -1.56. The highest BCUT2D eigenvalue weighted by Crippen LogP contribution is 2.29. The van der Waals surface area contributed by atoms with Crippen molar-refractivity contribution in [3.63, 3.8) is 0 Å². The highest BCUT2D eigenvalue weighted by atomic mass is 19.1. The number of piperazine rings is 1. The quantitative estimate of drug-likeness (QED) is 0.525. The van der Waals surface area contributed by atoms with Crippen LogP contribution in [-0.4, -0.2) is 58.9 Å². The third kappa shape index (κ3) is 7.51. The molecule has 3 rings (SSSR count). The predicted octanol–water partition coefficient (Wildman–Crippen LogP) is 4.44. The first-order valence-electron chi connectivity index (χ1n) is 13.0. The predicted molar refractivity (Wildman–Crippen MR) is 143 cm³/mol. The molecule has 3 atom stereocenters. The number of nitrogens with two attached hydrogens (primary N) is 1. The van der Waals surface area contributed by atoms with Crippen LogP contribution in [0, 0.1) is 17.6 Å². The number of carbonyl (C=O) groups is 2. The van der Waals surface area contributed by atoms with Gasteiger partial charge in [-0.1, -0.05) is 32.0 Å². The van der Waals surface area contributed by atoms with Gasteiger partial charge in [-0.05, 0) is 75.3 Å². The Hall–Kier alpha value is -3.04. The normalized spacial score (nSPS) is 18.1. The molecule has 0 aliphatic carbocycles. The number of halogens is 2. The molecule has 0 spiro atoms. The van der Waals surface area contributed by atoms with Crippen molar-refractivity contribution in [1.82, 2.24) is 4.90 Å². The molecule has 1 fully saturated rings.